The minimum absolute atomic E-state index is 0.103. The third-order valence-corrected chi connectivity index (χ3v) is 2.86. The first-order valence-electron chi connectivity index (χ1n) is 4.84. The molecule has 0 saturated carbocycles. The van der Waals surface area contributed by atoms with E-state index in [0.29, 0.717) is 0 Å². The van der Waals surface area contributed by atoms with Crippen molar-refractivity contribution >= 4 is 0 Å². The van der Waals surface area contributed by atoms with E-state index in [0.717, 1.165) is 11.1 Å². The summed E-state index contributed by atoms with van der Waals surface area (Å²) in [5, 5.41) is 10.2. The Morgan fingerprint density at radius 1 is 1.36 bits per heavy atom. The Balaban J connectivity index is 3.19. The largest absolute Gasteiger partial charge is 0.385 e. The molecule has 14 heavy (non-hydrogen) atoms. The van der Waals surface area contributed by atoms with Gasteiger partial charge in [0.1, 0.15) is 5.82 Å². The lowest BCUT2D eigenvalue weighted by Gasteiger charge is -2.29. The summed E-state index contributed by atoms with van der Waals surface area (Å²) in [5.74, 6) is -0.155. The number of hydrogen-bond donors (Lipinski definition) is 1. The SMILES string of the molecule is Cc1cc(F)ccc1[C@@](C)(O)C(C)C. The maximum absolute atomic E-state index is 12.9. The molecule has 1 aromatic carbocycles. The Morgan fingerprint density at radius 2 is 1.93 bits per heavy atom. The predicted octanol–water partition coefficient (Wildman–Crippen LogP) is 3.00. The molecule has 0 spiro atoms. The lowest BCUT2D eigenvalue weighted by Crippen LogP contribution is -2.28. The van der Waals surface area contributed by atoms with Crippen molar-refractivity contribution in [1.29, 1.82) is 0 Å². The summed E-state index contributed by atoms with van der Waals surface area (Å²) < 4.78 is 12.9. The van der Waals surface area contributed by atoms with Crippen LogP contribution in [0.3, 0.4) is 0 Å². The maximum atomic E-state index is 12.9. The van der Waals surface area contributed by atoms with E-state index < -0.39 is 5.60 Å². The molecule has 1 rings (SSSR count). The van der Waals surface area contributed by atoms with Crippen molar-refractivity contribution in [2.75, 3.05) is 0 Å². The zero-order valence-corrected chi connectivity index (χ0v) is 9.13. The lowest BCUT2D eigenvalue weighted by molar-refractivity contribution is 0.00842. The molecule has 0 radical (unpaired) electrons. The highest BCUT2D eigenvalue weighted by molar-refractivity contribution is 5.31. The van der Waals surface area contributed by atoms with Crippen molar-refractivity contribution < 1.29 is 9.50 Å². The first-order valence-corrected chi connectivity index (χ1v) is 4.84. The van der Waals surface area contributed by atoms with E-state index in [2.05, 4.69) is 0 Å². The Bertz CT molecular complexity index is 329. The standard InChI is InChI=1S/C12H17FO/c1-8(2)12(4,14)11-6-5-10(13)7-9(11)3/h5-8,14H,1-4H3/t12-/m0/s1. The van der Waals surface area contributed by atoms with Gasteiger partial charge in [0, 0.05) is 0 Å². The number of hydrogen-bond acceptors (Lipinski definition) is 1. The molecule has 2 heteroatoms. The van der Waals surface area contributed by atoms with Crippen LogP contribution in [0, 0.1) is 18.7 Å². The van der Waals surface area contributed by atoms with Crippen molar-refractivity contribution in [2.45, 2.75) is 33.3 Å². The molecule has 0 amide bonds. The number of benzene rings is 1. The van der Waals surface area contributed by atoms with Crippen LogP contribution in [0.2, 0.25) is 0 Å². The molecule has 0 aliphatic heterocycles. The number of aryl methyl sites for hydroxylation is 1. The molecule has 0 bridgehead atoms. The summed E-state index contributed by atoms with van der Waals surface area (Å²) in [6, 6.07) is 4.50. The van der Waals surface area contributed by atoms with Gasteiger partial charge in [0.2, 0.25) is 0 Å². The highest BCUT2D eigenvalue weighted by Crippen LogP contribution is 2.31. The predicted molar refractivity (Wildman–Crippen MR) is 55.5 cm³/mol. The van der Waals surface area contributed by atoms with Gasteiger partial charge in [-0.1, -0.05) is 19.9 Å². The number of rotatable bonds is 2. The quantitative estimate of drug-likeness (QED) is 0.771. The molecular weight excluding hydrogens is 179 g/mol. The van der Waals surface area contributed by atoms with E-state index in [1.807, 2.05) is 20.8 Å². The van der Waals surface area contributed by atoms with Gasteiger partial charge in [-0.05, 0) is 43.0 Å². The van der Waals surface area contributed by atoms with Gasteiger partial charge in [-0.15, -0.1) is 0 Å². The Kier molecular flexibility index (Phi) is 2.95. The summed E-state index contributed by atoms with van der Waals surface area (Å²) in [6.07, 6.45) is 0. The van der Waals surface area contributed by atoms with Gasteiger partial charge in [0.25, 0.3) is 0 Å². The fourth-order valence-corrected chi connectivity index (χ4v) is 1.51. The minimum atomic E-state index is -0.891. The fraction of sp³-hybridized carbons (Fsp3) is 0.500. The monoisotopic (exact) mass is 196 g/mol. The molecular formula is C12H17FO. The van der Waals surface area contributed by atoms with Crippen molar-refractivity contribution in [2.24, 2.45) is 5.92 Å². The van der Waals surface area contributed by atoms with E-state index in [-0.39, 0.29) is 11.7 Å². The van der Waals surface area contributed by atoms with Crippen LogP contribution in [0.25, 0.3) is 0 Å². The van der Waals surface area contributed by atoms with Crippen LogP contribution >= 0.6 is 0 Å². The number of halogens is 1. The summed E-state index contributed by atoms with van der Waals surface area (Å²) in [7, 11) is 0. The van der Waals surface area contributed by atoms with Gasteiger partial charge in [-0.2, -0.15) is 0 Å². The molecule has 0 aliphatic carbocycles. The second kappa shape index (κ2) is 3.70. The van der Waals surface area contributed by atoms with E-state index in [4.69, 9.17) is 0 Å². The van der Waals surface area contributed by atoms with Crippen LogP contribution in [0.4, 0.5) is 4.39 Å². The molecule has 1 aromatic rings. The Hall–Kier alpha value is -0.890. The zero-order valence-electron chi connectivity index (χ0n) is 9.13. The summed E-state index contributed by atoms with van der Waals surface area (Å²) in [4.78, 5) is 0. The number of aliphatic hydroxyl groups is 1. The van der Waals surface area contributed by atoms with E-state index in [9.17, 15) is 9.50 Å². The van der Waals surface area contributed by atoms with Crippen molar-refractivity contribution in [3.05, 3.63) is 35.1 Å². The van der Waals surface area contributed by atoms with Gasteiger partial charge >= 0.3 is 0 Å². The Morgan fingerprint density at radius 3 is 2.36 bits per heavy atom. The normalized spacial score (nSPS) is 15.6. The average Bonchev–Trinajstić information content (AvgIpc) is 2.02. The van der Waals surface area contributed by atoms with E-state index >= 15 is 0 Å². The van der Waals surface area contributed by atoms with Crippen LogP contribution in [0.15, 0.2) is 18.2 Å². The van der Waals surface area contributed by atoms with Crippen molar-refractivity contribution in [3.8, 4) is 0 Å². The molecule has 78 valence electrons. The first kappa shape index (κ1) is 11.2. The maximum Gasteiger partial charge on any atom is 0.123 e. The highest BCUT2D eigenvalue weighted by atomic mass is 19.1. The zero-order chi connectivity index (χ0) is 10.9. The molecule has 0 unspecified atom stereocenters. The molecule has 0 aromatic heterocycles. The third-order valence-electron chi connectivity index (χ3n) is 2.86. The highest BCUT2D eigenvalue weighted by Gasteiger charge is 2.28. The molecule has 1 atom stereocenters. The fourth-order valence-electron chi connectivity index (χ4n) is 1.51. The molecule has 0 heterocycles. The minimum Gasteiger partial charge on any atom is -0.385 e. The van der Waals surface area contributed by atoms with Gasteiger partial charge in [0.05, 0.1) is 5.60 Å². The van der Waals surface area contributed by atoms with Crippen LogP contribution in [-0.4, -0.2) is 5.11 Å². The van der Waals surface area contributed by atoms with E-state index in [1.54, 1.807) is 13.0 Å². The second-order valence-corrected chi connectivity index (χ2v) is 4.26. The second-order valence-electron chi connectivity index (χ2n) is 4.26. The smallest absolute Gasteiger partial charge is 0.123 e. The van der Waals surface area contributed by atoms with Gasteiger partial charge in [-0.25, -0.2) is 4.39 Å². The van der Waals surface area contributed by atoms with Gasteiger partial charge in [0.15, 0.2) is 0 Å². The van der Waals surface area contributed by atoms with Crippen LogP contribution in [0.5, 0.6) is 0 Å². The van der Waals surface area contributed by atoms with E-state index in [1.165, 1.54) is 12.1 Å². The summed E-state index contributed by atoms with van der Waals surface area (Å²) in [6.45, 7) is 7.47. The van der Waals surface area contributed by atoms with Gasteiger partial charge in [-0.3, -0.25) is 0 Å². The van der Waals surface area contributed by atoms with Crippen LogP contribution < -0.4 is 0 Å². The van der Waals surface area contributed by atoms with Crippen molar-refractivity contribution in [3.63, 3.8) is 0 Å². The van der Waals surface area contributed by atoms with Crippen molar-refractivity contribution in [1.82, 2.24) is 0 Å². The van der Waals surface area contributed by atoms with Crippen LogP contribution in [-0.2, 0) is 5.60 Å². The summed E-state index contributed by atoms with van der Waals surface area (Å²) in [5.41, 5.74) is 0.704. The molecule has 0 saturated heterocycles. The molecule has 0 fully saturated rings. The van der Waals surface area contributed by atoms with Crippen LogP contribution in [0.1, 0.15) is 31.9 Å². The Labute approximate surface area is 84.6 Å². The molecule has 1 nitrogen and oxygen atoms in total. The topological polar surface area (TPSA) is 20.2 Å². The average molecular weight is 196 g/mol. The molecule has 0 aliphatic rings. The van der Waals surface area contributed by atoms with Gasteiger partial charge < -0.3 is 5.11 Å². The summed E-state index contributed by atoms with van der Waals surface area (Å²) >= 11 is 0. The molecule has 1 N–H and O–H groups in total. The lowest BCUT2D eigenvalue weighted by atomic mass is 9.83. The third kappa shape index (κ3) is 1.95. The first-order chi connectivity index (χ1) is 6.35.